The summed E-state index contributed by atoms with van der Waals surface area (Å²) in [5.41, 5.74) is 0. The maximum atomic E-state index is 12.0. The summed E-state index contributed by atoms with van der Waals surface area (Å²) in [5, 5.41) is 9.85. The molecule has 2 N–H and O–H groups in total. The third-order valence-corrected chi connectivity index (χ3v) is 4.10. The van der Waals surface area contributed by atoms with Gasteiger partial charge in [0, 0.05) is 19.1 Å². The lowest BCUT2D eigenvalue weighted by Crippen LogP contribution is -2.37. The van der Waals surface area contributed by atoms with Crippen molar-refractivity contribution in [1.29, 1.82) is 0 Å². The van der Waals surface area contributed by atoms with E-state index in [1.807, 2.05) is 0 Å². The zero-order chi connectivity index (χ0) is 15.2. The second kappa shape index (κ2) is 7.51. The summed E-state index contributed by atoms with van der Waals surface area (Å²) in [7, 11) is 2.05. The van der Waals surface area contributed by atoms with Crippen molar-refractivity contribution in [2.75, 3.05) is 26.7 Å². The van der Waals surface area contributed by atoms with Crippen LogP contribution in [0.4, 0.5) is 0 Å². The van der Waals surface area contributed by atoms with Gasteiger partial charge in [-0.1, -0.05) is 12.1 Å². The fourth-order valence-corrected chi connectivity index (χ4v) is 2.32. The Kier molecular flexibility index (Phi) is 5.69. The van der Waals surface area contributed by atoms with Crippen LogP contribution in [-0.2, 0) is 0 Å². The van der Waals surface area contributed by atoms with Crippen molar-refractivity contribution in [2.24, 2.45) is 0 Å². The van der Waals surface area contributed by atoms with E-state index in [-0.39, 0.29) is 17.8 Å². The largest absolute Gasteiger partial charge is 0.348 e. The minimum absolute atomic E-state index is 0.0931. The van der Waals surface area contributed by atoms with Gasteiger partial charge in [-0.25, -0.2) is 0 Å². The highest BCUT2D eigenvalue weighted by atomic mass is 16.5. The molecule has 0 aromatic carbocycles. The van der Waals surface area contributed by atoms with Crippen molar-refractivity contribution < 1.29 is 9.32 Å². The number of rotatable bonds is 7. The molecule has 0 spiro atoms. The first-order chi connectivity index (χ1) is 10.1. The Morgan fingerprint density at radius 3 is 3.10 bits per heavy atom. The van der Waals surface area contributed by atoms with Crippen molar-refractivity contribution in [3.8, 4) is 0 Å². The molecule has 1 aliphatic rings. The summed E-state index contributed by atoms with van der Waals surface area (Å²) < 4.78 is 5.16. The average Bonchev–Trinajstić information content (AvgIpc) is 3.16. The van der Waals surface area contributed by atoms with E-state index in [1.54, 1.807) is 0 Å². The highest BCUT2D eigenvalue weighted by Gasteiger charge is 2.24. The number of nitrogens with one attached hydrogen (secondary N) is 2. The number of likely N-dealkylation sites (N-methyl/N-ethyl adjacent to an activating group) is 1. The lowest BCUT2D eigenvalue weighted by Gasteiger charge is -2.23. The van der Waals surface area contributed by atoms with Gasteiger partial charge >= 0.3 is 0 Å². The van der Waals surface area contributed by atoms with Gasteiger partial charge in [0.2, 0.25) is 5.89 Å². The molecule has 1 amide bonds. The third kappa shape index (κ3) is 4.25. The molecule has 2 atom stereocenters. The molecule has 2 rings (SSSR count). The minimum Gasteiger partial charge on any atom is -0.348 e. The highest BCUT2D eigenvalue weighted by molar-refractivity contribution is 5.90. The van der Waals surface area contributed by atoms with Crippen LogP contribution in [0, 0.1) is 0 Å². The lowest BCUT2D eigenvalue weighted by atomic mass is 10.2. The third-order valence-electron chi connectivity index (χ3n) is 4.10. The quantitative estimate of drug-likeness (QED) is 0.779. The number of amides is 1. The number of hydrogen-bond acceptors (Lipinski definition) is 6. The van der Waals surface area contributed by atoms with E-state index in [0.29, 0.717) is 18.5 Å². The van der Waals surface area contributed by atoms with E-state index in [2.05, 4.69) is 46.6 Å². The van der Waals surface area contributed by atoms with E-state index in [9.17, 15) is 4.79 Å². The molecule has 1 aromatic rings. The summed E-state index contributed by atoms with van der Waals surface area (Å²) in [6, 6.07) is 0.600. The van der Waals surface area contributed by atoms with Crippen LogP contribution in [0.2, 0.25) is 0 Å². The van der Waals surface area contributed by atoms with Crippen molar-refractivity contribution in [3.05, 3.63) is 11.7 Å². The first kappa shape index (κ1) is 15.9. The molecule has 2 heterocycles. The Morgan fingerprint density at radius 1 is 1.62 bits per heavy atom. The summed E-state index contributed by atoms with van der Waals surface area (Å²) >= 11 is 0. The van der Waals surface area contributed by atoms with Crippen molar-refractivity contribution >= 4 is 5.91 Å². The van der Waals surface area contributed by atoms with Gasteiger partial charge in [-0.3, -0.25) is 4.79 Å². The molecule has 1 fully saturated rings. The molecule has 0 radical (unpaired) electrons. The van der Waals surface area contributed by atoms with Crippen LogP contribution in [0.25, 0.3) is 0 Å². The number of nitrogens with zero attached hydrogens (tertiary/aromatic N) is 3. The standard InChI is InChI=1S/C14H25N5O2/c1-4-10(2)19(3)9-8-16-13(20)12-17-14(21-18-12)11-6-5-7-15-11/h10-11,15H,4-9H2,1-3H3,(H,16,20). The zero-order valence-corrected chi connectivity index (χ0v) is 13.1. The molecule has 2 unspecified atom stereocenters. The van der Waals surface area contributed by atoms with Gasteiger partial charge in [0.25, 0.3) is 11.7 Å². The first-order valence-corrected chi connectivity index (χ1v) is 7.67. The summed E-state index contributed by atoms with van der Waals surface area (Å²) in [6.45, 7) is 6.65. The summed E-state index contributed by atoms with van der Waals surface area (Å²) in [6.07, 6.45) is 3.16. The van der Waals surface area contributed by atoms with E-state index in [4.69, 9.17) is 4.52 Å². The maximum Gasteiger partial charge on any atom is 0.292 e. The molecule has 7 heteroatoms. The van der Waals surface area contributed by atoms with E-state index < -0.39 is 0 Å². The topological polar surface area (TPSA) is 83.3 Å². The second-order valence-electron chi connectivity index (χ2n) is 5.60. The summed E-state index contributed by atoms with van der Waals surface area (Å²) in [4.78, 5) is 18.3. The molecule has 0 saturated carbocycles. The molecular formula is C14H25N5O2. The van der Waals surface area contributed by atoms with Gasteiger partial charge in [0.1, 0.15) is 0 Å². The smallest absolute Gasteiger partial charge is 0.292 e. The van der Waals surface area contributed by atoms with Crippen LogP contribution in [0.3, 0.4) is 0 Å². The molecule has 0 aliphatic carbocycles. The molecule has 118 valence electrons. The van der Waals surface area contributed by atoms with Crippen molar-refractivity contribution in [3.63, 3.8) is 0 Å². The monoisotopic (exact) mass is 295 g/mol. The van der Waals surface area contributed by atoms with E-state index >= 15 is 0 Å². The normalized spacial score (nSPS) is 19.9. The Morgan fingerprint density at radius 2 is 2.43 bits per heavy atom. The maximum absolute atomic E-state index is 12.0. The molecule has 21 heavy (non-hydrogen) atoms. The van der Waals surface area contributed by atoms with Crippen molar-refractivity contribution in [1.82, 2.24) is 25.7 Å². The minimum atomic E-state index is -0.277. The zero-order valence-electron chi connectivity index (χ0n) is 13.1. The molecule has 1 saturated heterocycles. The Hall–Kier alpha value is -1.47. The lowest BCUT2D eigenvalue weighted by molar-refractivity contribution is 0.0934. The van der Waals surface area contributed by atoms with Crippen LogP contribution in [-0.4, -0.2) is 53.7 Å². The van der Waals surface area contributed by atoms with Gasteiger partial charge in [0.05, 0.1) is 6.04 Å². The number of carbonyl (C=O) groups excluding carboxylic acids is 1. The van der Waals surface area contributed by atoms with E-state index in [0.717, 1.165) is 32.4 Å². The van der Waals surface area contributed by atoms with Gasteiger partial charge < -0.3 is 20.1 Å². The Bertz CT molecular complexity index is 456. The number of hydrogen-bond donors (Lipinski definition) is 2. The SMILES string of the molecule is CCC(C)N(C)CCNC(=O)c1noc(C2CCCN2)n1. The van der Waals surface area contributed by atoms with Gasteiger partial charge in [-0.05, 0) is 39.8 Å². The average molecular weight is 295 g/mol. The van der Waals surface area contributed by atoms with Gasteiger partial charge in [-0.2, -0.15) is 4.98 Å². The molecule has 1 aromatic heterocycles. The van der Waals surface area contributed by atoms with Crippen LogP contribution in [0.5, 0.6) is 0 Å². The predicted octanol–water partition coefficient (Wildman–Crippen LogP) is 0.954. The molecule has 0 bridgehead atoms. The molecule has 1 aliphatic heterocycles. The fraction of sp³-hybridized carbons (Fsp3) is 0.786. The summed E-state index contributed by atoms with van der Waals surface area (Å²) in [5.74, 6) is 0.347. The van der Waals surface area contributed by atoms with E-state index in [1.165, 1.54) is 0 Å². The molecular weight excluding hydrogens is 270 g/mol. The first-order valence-electron chi connectivity index (χ1n) is 7.67. The predicted molar refractivity (Wildman–Crippen MR) is 79.0 cm³/mol. The van der Waals surface area contributed by atoms with Crippen LogP contribution in [0.1, 0.15) is 55.7 Å². The van der Waals surface area contributed by atoms with Crippen LogP contribution >= 0.6 is 0 Å². The van der Waals surface area contributed by atoms with Crippen LogP contribution < -0.4 is 10.6 Å². The van der Waals surface area contributed by atoms with Gasteiger partial charge in [0.15, 0.2) is 0 Å². The van der Waals surface area contributed by atoms with Crippen molar-refractivity contribution in [2.45, 2.75) is 45.2 Å². The fourth-order valence-electron chi connectivity index (χ4n) is 2.32. The Labute approximate surface area is 125 Å². The number of carbonyl (C=O) groups is 1. The van der Waals surface area contributed by atoms with Crippen LogP contribution in [0.15, 0.2) is 4.52 Å². The number of aromatic nitrogens is 2. The Balaban J connectivity index is 1.78. The second-order valence-corrected chi connectivity index (χ2v) is 5.60. The highest BCUT2D eigenvalue weighted by Crippen LogP contribution is 2.20. The molecule has 7 nitrogen and oxygen atoms in total. The van der Waals surface area contributed by atoms with Gasteiger partial charge in [-0.15, -0.1) is 0 Å².